The Labute approximate surface area is 104 Å². The quantitative estimate of drug-likeness (QED) is 0.883. The van der Waals surface area contributed by atoms with Crippen molar-refractivity contribution in [3.8, 4) is 0 Å². The zero-order chi connectivity index (χ0) is 11.7. The van der Waals surface area contributed by atoms with Crippen molar-refractivity contribution in [3.63, 3.8) is 0 Å². The first-order chi connectivity index (χ1) is 8.38. The van der Waals surface area contributed by atoms with E-state index < -0.39 is 0 Å². The highest BCUT2D eigenvalue weighted by Gasteiger charge is 2.23. The zero-order valence-electron chi connectivity index (χ0n) is 9.67. The fraction of sp³-hybridized carbons (Fsp3) is 0.500. The number of piperidine rings is 1. The van der Waals surface area contributed by atoms with Gasteiger partial charge in [-0.05, 0) is 31.4 Å². The van der Waals surface area contributed by atoms with Gasteiger partial charge in [-0.25, -0.2) is 9.97 Å². The van der Waals surface area contributed by atoms with Crippen LogP contribution >= 0.6 is 11.3 Å². The van der Waals surface area contributed by atoms with Crippen molar-refractivity contribution in [1.82, 2.24) is 9.97 Å². The van der Waals surface area contributed by atoms with Crippen molar-refractivity contribution in [3.05, 3.63) is 18.3 Å². The van der Waals surface area contributed by atoms with Crippen LogP contribution in [0.25, 0.3) is 10.3 Å². The third-order valence-electron chi connectivity index (χ3n) is 3.30. The Morgan fingerprint density at radius 1 is 1.47 bits per heavy atom. The van der Waals surface area contributed by atoms with Gasteiger partial charge in [0.15, 0.2) is 5.13 Å². The van der Waals surface area contributed by atoms with Crippen LogP contribution in [0.3, 0.4) is 0 Å². The standard InChI is InChI=1S/C12H16N4S/c13-8-9-4-1-2-7-16(9)12-15-10-5-3-6-14-11(10)17-12/h3,5-6,9H,1-2,4,7-8,13H2/t9-/m0/s1. The van der Waals surface area contributed by atoms with E-state index in [4.69, 9.17) is 5.73 Å². The van der Waals surface area contributed by atoms with E-state index in [9.17, 15) is 0 Å². The van der Waals surface area contributed by atoms with Crippen molar-refractivity contribution in [2.24, 2.45) is 5.73 Å². The number of fused-ring (bicyclic) bond motifs is 1. The molecule has 0 unspecified atom stereocenters. The summed E-state index contributed by atoms with van der Waals surface area (Å²) in [4.78, 5) is 12.4. The van der Waals surface area contributed by atoms with Crippen LogP contribution in [0.2, 0.25) is 0 Å². The molecular formula is C12H16N4S. The lowest BCUT2D eigenvalue weighted by Gasteiger charge is -2.34. The minimum absolute atomic E-state index is 0.448. The van der Waals surface area contributed by atoms with Crippen LogP contribution in [-0.4, -0.2) is 29.1 Å². The van der Waals surface area contributed by atoms with E-state index in [0.29, 0.717) is 12.6 Å². The van der Waals surface area contributed by atoms with E-state index in [-0.39, 0.29) is 0 Å². The highest BCUT2D eigenvalue weighted by Crippen LogP contribution is 2.31. The molecule has 0 spiro atoms. The second-order valence-corrected chi connectivity index (χ2v) is 5.36. The molecule has 1 fully saturated rings. The molecule has 17 heavy (non-hydrogen) atoms. The molecule has 2 N–H and O–H groups in total. The van der Waals surface area contributed by atoms with Gasteiger partial charge in [-0.1, -0.05) is 11.3 Å². The summed E-state index contributed by atoms with van der Waals surface area (Å²) in [5.74, 6) is 0. The number of hydrogen-bond donors (Lipinski definition) is 1. The summed E-state index contributed by atoms with van der Waals surface area (Å²) < 4.78 is 0. The summed E-state index contributed by atoms with van der Waals surface area (Å²) in [6.07, 6.45) is 5.52. The molecule has 1 aliphatic heterocycles. The summed E-state index contributed by atoms with van der Waals surface area (Å²) in [6, 6.07) is 4.40. The molecule has 0 bridgehead atoms. The Morgan fingerprint density at radius 2 is 2.41 bits per heavy atom. The summed E-state index contributed by atoms with van der Waals surface area (Å²) in [5, 5.41) is 1.08. The summed E-state index contributed by atoms with van der Waals surface area (Å²) in [7, 11) is 0. The fourth-order valence-corrected chi connectivity index (χ4v) is 3.39. The molecule has 0 amide bonds. The highest BCUT2D eigenvalue weighted by molar-refractivity contribution is 7.21. The van der Waals surface area contributed by atoms with E-state index in [1.807, 2.05) is 18.3 Å². The van der Waals surface area contributed by atoms with E-state index in [0.717, 1.165) is 22.0 Å². The number of pyridine rings is 1. The number of hydrogen-bond acceptors (Lipinski definition) is 5. The maximum absolute atomic E-state index is 5.84. The van der Waals surface area contributed by atoms with Crippen LogP contribution in [0.15, 0.2) is 18.3 Å². The van der Waals surface area contributed by atoms with Gasteiger partial charge in [-0.2, -0.15) is 0 Å². The fourth-order valence-electron chi connectivity index (χ4n) is 2.38. The summed E-state index contributed by atoms with van der Waals surface area (Å²) in [5.41, 5.74) is 6.84. The molecule has 90 valence electrons. The molecule has 3 rings (SSSR count). The normalized spacial score (nSPS) is 21.0. The van der Waals surface area contributed by atoms with E-state index in [2.05, 4.69) is 14.9 Å². The Morgan fingerprint density at radius 3 is 3.24 bits per heavy atom. The minimum atomic E-state index is 0.448. The van der Waals surface area contributed by atoms with Crippen LogP contribution in [-0.2, 0) is 0 Å². The number of nitrogens with zero attached hydrogens (tertiary/aromatic N) is 3. The first kappa shape index (κ1) is 10.9. The Balaban J connectivity index is 1.96. The highest BCUT2D eigenvalue weighted by atomic mass is 32.1. The van der Waals surface area contributed by atoms with E-state index in [1.54, 1.807) is 11.3 Å². The lowest BCUT2D eigenvalue weighted by Crippen LogP contribution is -2.44. The van der Waals surface area contributed by atoms with Crippen molar-refractivity contribution < 1.29 is 0 Å². The average molecular weight is 248 g/mol. The predicted octanol–water partition coefficient (Wildman–Crippen LogP) is 2.01. The number of nitrogens with two attached hydrogens (primary N) is 1. The predicted molar refractivity (Wildman–Crippen MR) is 71.5 cm³/mol. The monoisotopic (exact) mass is 248 g/mol. The molecule has 2 aromatic rings. The van der Waals surface area contributed by atoms with Crippen molar-refractivity contribution in [1.29, 1.82) is 0 Å². The topological polar surface area (TPSA) is 55.0 Å². The number of thiazole rings is 1. The maximum Gasteiger partial charge on any atom is 0.188 e. The van der Waals surface area contributed by atoms with Crippen molar-refractivity contribution in [2.45, 2.75) is 25.3 Å². The molecule has 0 radical (unpaired) electrons. The van der Waals surface area contributed by atoms with Crippen LogP contribution in [0.5, 0.6) is 0 Å². The lowest BCUT2D eigenvalue weighted by atomic mass is 10.0. The Bertz CT molecular complexity index is 477. The molecular weight excluding hydrogens is 232 g/mol. The first-order valence-corrected chi connectivity index (χ1v) is 6.88. The molecule has 0 aliphatic carbocycles. The number of aromatic nitrogens is 2. The van der Waals surface area contributed by atoms with Crippen LogP contribution in [0.4, 0.5) is 5.13 Å². The van der Waals surface area contributed by atoms with E-state index in [1.165, 1.54) is 19.3 Å². The van der Waals surface area contributed by atoms with Crippen molar-refractivity contribution in [2.75, 3.05) is 18.0 Å². The van der Waals surface area contributed by atoms with Gasteiger partial charge in [0.2, 0.25) is 0 Å². The maximum atomic E-state index is 5.84. The van der Waals surface area contributed by atoms with Crippen molar-refractivity contribution >= 4 is 26.8 Å². The average Bonchev–Trinajstić information content (AvgIpc) is 2.82. The summed E-state index contributed by atoms with van der Waals surface area (Å²) in [6.45, 7) is 1.78. The molecule has 1 saturated heterocycles. The smallest absolute Gasteiger partial charge is 0.188 e. The Kier molecular flexibility index (Phi) is 2.94. The minimum Gasteiger partial charge on any atom is -0.344 e. The van der Waals surface area contributed by atoms with Gasteiger partial charge >= 0.3 is 0 Å². The van der Waals surface area contributed by atoms with Crippen LogP contribution in [0, 0.1) is 0 Å². The van der Waals surface area contributed by atoms with Gasteiger partial charge in [-0.3, -0.25) is 0 Å². The summed E-state index contributed by atoms with van der Waals surface area (Å²) >= 11 is 1.67. The second kappa shape index (κ2) is 4.58. The van der Waals surface area contributed by atoms with E-state index >= 15 is 0 Å². The number of anilines is 1. The SMILES string of the molecule is NC[C@@H]1CCCCN1c1nc2cccnc2s1. The molecule has 0 saturated carbocycles. The van der Waals surface area contributed by atoms with Gasteiger partial charge in [-0.15, -0.1) is 0 Å². The number of rotatable bonds is 2. The molecule has 1 atom stereocenters. The molecule has 2 aromatic heterocycles. The van der Waals surface area contributed by atoms with Gasteiger partial charge in [0, 0.05) is 25.3 Å². The van der Waals surface area contributed by atoms with Crippen LogP contribution < -0.4 is 10.6 Å². The zero-order valence-corrected chi connectivity index (χ0v) is 10.5. The molecule has 1 aliphatic rings. The second-order valence-electron chi connectivity index (χ2n) is 4.40. The Hall–Kier alpha value is -1.20. The van der Waals surface area contributed by atoms with Gasteiger partial charge in [0.05, 0.1) is 0 Å². The van der Waals surface area contributed by atoms with Gasteiger partial charge in [0.25, 0.3) is 0 Å². The third kappa shape index (κ3) is 2.00. The largest absolute Gasteiger partial charge is 0.344 e. The van der Waals surface area contributed by atoms with Gasteiger partial charge in [0.1, 0.15) is 10.3 Å². The lowest BCUT2D eigenvalue weighted by molar-refractivity contribution is 0.465. The van der Waals surface area contributed by atoms with Gasteiger partial charge < -0.3 is 10.6 Å². The molecule has 3 heterocycles. The molecule has 5 heteroatoms. The van der Waals surface area contributed by atoms with Crippen LogP contribution in [0.1, 0.15) is 19.3 Å². The molecule has 0 aromatic carbocycles. The third-order valence-corrected chi connectivity index (χ3v) is 4.32. The molecule has 4 nitrogen and oxygen atoms in total. The first-order valence-electron chi connectivity index (χ1n) is 6.07.